The van der Waals surface area contributed by atoms with E-state index in [9.17, 15) is 32.3 Å². The topological polar surface area (TPSA) is 179 Å². The summed E-state index contributed by atoms with van der Waals surface area (Å²) >= 11 is 1.16. The number of carboxylic acid groups (broad SMARTS) is 1. The molecular weight excluding hydrogens is 545 g/mol. The zero-order valence-corrected chi connectivity index (χ0v) is 21.1. The van der Waals surface area contributed by atoms with Crippen LogP contribution in [-0.4, -0.2) is 62.6 Å². The average Bonchev–Trinajstić information content (AvgIpc) is 2.87. The first kappa shape index (κ1) is 29.4. The minimum atomic E-state index is -4.82. The van der Waals surface area contributed by atoms with Crippen LogP contribution in [0.5, 0.6) is 5.75 Å². The molecule has 3 rings (SSSR count). The van der Waals surface area contributed by atoms with Gasteiger partial charge in [-0.25, -0.2) is 4.68 Å². The average molecular weight is 569 g/mol. The second-order valence-corrected chi connectivity index (χ2v) is 9.26. The van der Waals surface area contributed by atoms with Crippen molar-refractivity contribution >= 4 is 40.4 Å². The fourth-order valence-corrected chi connectivity index (χ4v) is 4.16. The molecule has 1 heterocycles. The van der Waals surface area contributed by atoms with Gasteiger partial charge in [0.05, 0.1) is 17.5 Å². The van der Waals surface area contributed by atoms with Gasteiger partial charge in [0.15, 0.2) is 0 Å². The van der Waals surface area contributed by atoms with Gasteiger partial charge in [0, 0.05) is 10.6 Å². The number of amides is 2. The minimum Gasteiger partial charge on any atom is -0.480 e. The highest BCUT2D eigenvalue weighted by atomic mass is 32.2. The quantitative estimate of drug-likeness (QED) is 0.246. The third-order valence-corrected chi connectivity index (χ3v) is 6.27. The molecule has 16 heteroatoms. The van der Waals surface area contributed by atoms with E-state index in [0.717, 1.165) is 28.6 Å². The second-order valence-electron chi connectivity index (χ2n) is 8.17. The van der Waals surface area contributed by atoms with E-state index in [2.05, 4.69) is 25.7 Å². The predicted molar refractivity (Wildman–Crippen MR) is 133 cm³/mol. The molecule has 5 N–H and O–H groups in total. The van der Waals surface area contributed by atoms with Crippen molar-refractivity contribution in [3.05, 3.63) is 58.4 Å². The van der Waals surface area contributed by atoms with Crippen molar-refractivity contribution in [3.63, 3.8) is 0 Å². The number of nitrogens with one attached hydrogen (secondary N) is 2. The first-order valence-electron chi connectivity index (χ1n) is 11.2. The third-order valence-electron chi connectivity index (χ3n) is 5.16. The maximum Gasteiger partial charge on any atom is 0.573 e. The molecule has 1 aromatic heterocycles. The van der Waals surface area contributed by atoms with Crippen LogP contribution in [0.2, 0.25) is 0 Å². The van der Waals surface area contributed by atoms with E-state index in [-0.39, 0.29) is 16.7 Å². The highest BCUT2D eigenvalue weighted by molar-refractivity contribution is 7.99. The normalized spacial score (nSPS) is 12.9. The van der Waals surface area contributed by atoms with Crippen LogP contribution < -0.4 is 26.7 Å². The molecule has 0 saturated carbocycles. The summed E-state index contributed by atoms with van der Waals surface area (Å²) < 4.78 is 41.7. The number of fused-ring (bicyclic) bond motifs is 1. The number of nitrogens with two attached hydrogens (primary N) is 1. The Hall–Kier alpha value is -4.18. The van der Waals surface area contributed by atoms with Crippen molar-refractivity contribution in [2.75, 3.05) is 12.3 Å². The van der Waals surface area contributed by atoms with Crippen molar-refractivity contribution in [1.82, 2.24) is 25.6 Å². The number of thioether (sulfide) groups is 1. The Labute approximate surface area is 222 Å². The number of nitrogens with zero attached hydrogens (tertiary/aromatic N) is 3. The molecule has 2 amide bonds. The molecule has 2 atom stereocenters. The second kappa shape index (κ2) is 12.6. The smallest absolute Gasteiger partial charge is 0.480 e. The van der Waals surface area contributed by atoms with Gasteiger partial charge in [0.2, 0.25) is 11.8 Å². The van der Waals surface area contributed by atoms with Gasteiger partial charge in [-0.2, -0.15) is 0 Å². The summed E-state index contributed by atoms with van der Waals surface area (Å²) in [6.07, 6.45) is -4.82. The predicted octanol–water partition coefficient (Wildman–Crippen LogP) is 1.19. The van der Waals surface area contributed by atoms with Crippen LogP contribution in [0.1, 0.15) is 18.5 Å². The Morgan fingerprint density at radius 3 is 2.51 bits per heavy atom. The SMILES string of the molecule is CC(NC(=O)Cn1nnc2ccc(SCC(N)C(=O)NCC(=O)O)cc2c1=O)c1ccc(OC(F)(F)F)cc1. The number of carbonyl (C=O) groups excluding carboxylic acids is 2. The summed E-state index contributed by atoms with van der Waals surface area (Å²) in [5, 5.41) is 21.3. The number of aromatic nitrogens is 3. The third kappa shape index (κ3) is 8.68. The molecule has 12 nitrogen and oxygen atoms in total. The number of hydrogen-bond donors (Lipinski definition) is 4. The van der Waals surface area contributed by atoms with Crippen LogP contribution >= 0.6 is 11.8 Å². The lowest BCUT2D eigenvalue weighted by molar-refractivity contribution is -0.274. The van der Waals surface area contributed by atoms with Crippen LogP contribution in [0, 0.1) is 0 Å². The number of halogens is 3. The van der Waals surface area contributed by atoms with E-state index in [1.165, 1.54) is 18.2 Å². The number of ether oxygens (including phenoxy) is 1. The molecule has 2 aromatic carbocycles. The molecule has 2 unspecified atom stereocenters. The van der Waals surface area contributed by atoms with E-state index >= 15 is 0 Å². The van der Waals surface area contributed by atoms with Crippen molar-refractivity contribution in [1.29, 1.82) is 0 Å². The number of rotatable bonds is 11. The van der Waals surface area contributed by atoms with Gasteiger partial charge in [-0.3, -0.25) is 19.2 Å². The van der Waals surface area contributed by atoms with Crippen molar-refractivity contribution in [3.8, 4) is 5.75 Å². The summed E-state index contributed by atoms with van der Waals surface area (Å²) in [4.78, 5) is 48.5. The van der Waals surface area contributed by atoms with Crippen molar-refractivity contribution < 1.29 is 37.4 Å². The van der Waals surface area contributed by atoms with Gasteiger partial charge in [-0.1, -0.05) is 17.3 Å². The number of hydrogen-bond acceptors (Lipinski definition) is 9. The lowest BCUT2D eigenvalue weighted by Gasteiger charge is -2.15. The molecule has 3 aromatic rings. The summed E-state index contributed by atoms with van der Waals surface area (Å²) in [6.45, 7) is 0.594. The van der Waals surface area contributed by atoms with Crippen molar-refractivity contribution in [2.24, 2.45) is 5.73 Å². The van der Waals surface area contributed by atoms with Gasteiger partial charge in [0.25, 0.3) is 5.56 Å². The van der Waals surface area contributed by atoms with Crippen LogP contribution in [0.3, 0.4) is 0 Å². The van der Waals surface area contributed by atoms with Gasteiger partial charge >= 0.3 is 12.3 Å². The Morgan fingerprint density at radius 2 is 1.87 bits per heavy atom. The molecule has 0 aliphatic rings. The molecule has 0 spiro atoms. The minimum absolute atomic E-state index is 0.104. The Morgan fingerprint density at radius 1 is 1.18 bits per heavy atom. The number of aliphatic carboxylic acids is 1. The summed E-state index contributed by atoms with van der Waals surface area (Å²) in [5.74, 6) is -2.72. The molecule has 0 fully saturated rings. The fraction of sp³-hybridized carbons (Fsp3) is 0.304. The highest BCUT2D eigenvalue weighted by Crippen LogP contribution is 2.24. The lowest BCUT2D eigenvalue weighted by Crippen LogP contribution is -2.44. The molecule has 0 bridgehead atoms. The van der Waals surface area contributed by atoms with Gasteiger partial charge < -0.3 is 26.2 Å². The molecule has 39 heavy (non-hydrogen) atoms. The monoisotopic (exact) mass is 568 g/mol. The van der Waals surface area contributed by atoms with E-state index < -0.39 is 60.6 Å². The molecule has 0 saturated heterocycles. The number of alkyl halides is 3. The Bertz CT molecular complexity index is 1420. The van der Waals surface area contributed by atoms with E-state index in [1.54, 1.807) is 19.1 Å². The zero-order valence-electron chi connectivity index (χ0n) is 20.3. The molecule has 0 radical (unpaired) electrons. The largest absolute Gasteiger partial charge is 0.573 e. The Kier molecular flexibility index (Phi) is 9.47. The maximum absolute atomic E-state index is 12.9. The fourth-order valence-electron chi connectivity index (χ4n) is 3.27. The van der Waals surface area contributed by atoms with E-state index in [4.69, 9.17) is 10.8 Å². The van der Waals surface area contributed by atoms with Crippen LogP contribution in [0.25, 0.3) is 10.9 Å². The molecular formula is C23H23F3N6O6S. The summed E-state index contributed by atoms with van der Waals surface area (Å²) in [6, 6.07) is 8.10. The zero-order chi connectivity index (χ0) is 28.7. The van der Waals surface area contributed by atoms with E-state index in [1.807, 2.05) is 0 Å². The number of benzene rings is 2. The highest BCUT2D eigenvalue weighted by Gasteiger charge is 2.31. The number of carboxylic acids is 1. The van der Waals surface area contributed by atoms with Crippen molar-refractivity contribution in [2.45, 2.75) is 36.8 Å². The molecule has 0 aliphatic carbocycles. The molecule has 0 aliphatic heterocycles. The first-order chi connectivity index (χ1) is 18.3. The summed E-state index contributed by atoms with van der Waals surface area (Å²) in [7, 11) is 0. The maximum atomic E-state index is 12.9. The van der Waals surface area contributed by atoms with Gasteiger partial charge in [-0.15, -0.1) is 30.0 Å². The van der Waals surface area contributed by atoms with Crippen LogP contribution in [0.4, 0.5) is 13.2 Å². The van der Waals surface area contributed by atoms with Gasteiger partial charge in [-0.05, 0) is 42.8 Å². The number of carbonyl (C=O) groups is 3. The first-order valence-corrected chi connectivity index (χ1v) is 12.2. The standard InChI is InChI=1S/C23H23F3N6O6S/c1-12(13-2-4-14(5-3-13)38-23(24,25)26)29-19(33)10-32-22(37)16-8-15(6-7-18(16)30-31-32)39-11-17(27)21(36)28-9-20(34)35/h2-8,12,17H,9-11,27H2,1H3,(H,28,36)(H,29,33)(H,34,35). The lowest BCUT2D eigenvalue weighted by atomic mass is 10.1. The van der Waals surface area contributed by atoms with Crippen LogP contribution in [0.15, 0.2) is 52.2 Å². The van der Waals surface area contributed by atoms with Crippen LogP contribution in [-0.2, 0) is 20.9 Å². The Balaban J connectivity index is 1.63. The van der Waals surface area contributed by atoms with Gasteiger partial charge in [0.1, 0.15) is 24.4 Å². The summed E-state index contributed by atoms with van der Waals surface area (Å²) in [5.41, 5.74) is 5.96. The van der Waals surface area contributed by atoms with E-state index in [0.29, 0.717) is 10.5 Å². The molecule has 208 valence electrons.